The third-order valence-corrected chi connectivity index (χ3v) is 2.91. The molecule has 0 heterocycles. The molecule has 0 rings (SSSR count). The van der Waals surface area contributed by atoms with Gasteiger partial charge in [-0.15, -0.1) is 0 Å². The van der Waals surface area contributed by atoms with Crippen LogP contribution in [0.25, 0.3) is 0 Å². The van der Waals surface area contributed by atoms with E-state index in [1.807, 2.05) is 6.92 Å². The number of carbonyl (C=O) groups excluding carboxylic acids is 1. The van der Waals surface area contributed by atoms with Gasteiger partial charge in [0.2, 0.25) is 0 Å². The molecule has 2 nitrogen and oxygen atoms in total. The molecule has 0 aromatic heterocycles. The van der Waals surface area contributed by atoms with E-state index in [0.717, 1.165) is 19.3 Å². The molecule has 0 N–H and O–H groups in total. The SMILES string of the molecule is C=C(CC(C)(CC)CC)C(=O)OCC. The van der Waals surface area contributed by atoms with E-state index in [-0.39, 0.29) is 11.4 Å². The molecule has 0 aromatic rings. The number of hydrogen-bond donors (Lipinski definition) is 0. The third-order valence-electron chi connectivity index (χ3n) is 2.91. The van der Waals surface area contributed by atoms with Gasteiger partial charge in [-0.05, 0) is 18.8 Å². The molecule has 2 heteroatoms. The van der Waals surface area contributed by atoms with Crippen molar-refractivity contribution in [2.45, 2.75) is 47.0 Å². The van der Waals surface area contributed by atoms with E-state index in [0.29, 0.717) is 12.2 Å². The van der Waals surface area contributed by atoms with E-state index in [2.05, 4.69) is 27.4 Å². The van der Waals surface area contributed by atoms with Gasteiger partial charge in [-0.2, -0.15) is 0 Å². The van der Waals surface area contributed by atoms with Crippen LogP contribution in [0, 0.1) is 5.41 Å². The van der Waals surface area contributed by atoms with Crippen LogP contribution in [0.3, 0.4) is 0 Å². The highest BCUT2D eigenvalue weighted by molar-refractivity contribution is 5.87. The molecule has 0 aromatic carbocycles. The molecule has 0 bridgehead atoms. The molecule has 0 saturated heterocycles. The first-order valence-electron chi connectivity index (χ1n) is 5.34. The second-order valence-electron chi connectivity index (χ2n) is 4.02. The average molecular weight is 198 g/mol. The van der Waals surface area contributed by atoms with Crippen LogP contribution in [0.5, 0.6) is 0 Å². The van der Waals surface area contributed by atoms with Crippen molar-refractivity contribution in [1.82, 2.24) is 0 Å². The largest absolute Gasteiger partial charge is 0.463 e. The van der Waals surface area contributed by atoms with Crippen molar-refractivity contribution < 1.29 is 9.53 Å². The summed E-state index contributed by atoms with van der Waals surface area (Å²) in [6, 6.07) is 0. The Morgan fingerprint density at radius 2 is 1.79 bits per heavy atom. The van der Waals surface area contributed by atoms with E-state index < -0.39 is 0 Å². The van der Waals surface area contributed by atoms with Gasteiger partial charge in [0.25, 0.3) is 0 Å². The van der Waals surface area contributed by atoms with Crippen LogP contribution in [0.1, 0.15) is 47.0 Å². The van der Waals surface area contributed by atoms with Gasteiger partial charge in [-0.3, -0.25) is 0 Å². The van der Waals surface area contributed by atoms with Crippen molar-refractivity contribution in [3.63, 3.8) is 0 Å². The fourth-order valence-corrected chi connectivity index (χ4v) is 1.32. The van der Waals surface area contributed by atoms with Gasteiger partial charge in [0.1, 0.15) is 0 Å². The Labute approximate surface area is 87.3 Å². The van der Waals surface area contributed by atoms with Crippen LogP contribution in [-0.2, 0) is 9.53 Å². The molecule has 0 unspecified atom stereocenters. The summed E-state index contributed by atoms with van der Waals surface area (Å²) in [6.45, 7) is 12.5. The van der Waals surface area contributed by atoms with Gasteiger partial charge in [0, 0.05) is 5.57 Å². The van der Waals surface area contributed by atoms with Gasteiger partial charge >= 0.3 is 5.97 Å². The summed E-state index contributed by atoms with van der Waals surface area (Å²) in [5.74, 6) is -0.249. The Balaban J connectivity index is 4.23. The standard InChI is InChI=1S/C12H22O2/c1-6-12(5,7-2)9-10(4)11(13)14-8-3/h4,6-9H2,1-3,5H3. The monoisotopic (exact) mass is 198 g/mol. The average Bonchev–Trinajstić information content (AvgIpc) is 2.18. The fourth-order valence-electron chi connectivity index (χ4n) is 1.32. The Hall–Kier alpha value is -0.790. The molecule has 0 spiro atoms. The predicted octanol–water partition coefficient (Wildman–Crippen LogP) is 3.32. The molecule has 0 radical (unpaired) electrons. The Morgan fingerprint density at radius 1 is 1.29 bits per heavy atom. The van der Waals surface area contributed by atoms with Crippen LogP contribution < -0.4 is 0 Å². The van der Waals surface area contributed by atoms with Crippen molar-refractivity contribution in [1.29, 1.82) is 0 Å². The summed E-state index contributed by atoms with van der Waals surface area (Å²) in [7, 11) is 0. The Bertz CT molecular complexity index is 202. The van der Waals surface area contributed by atoms with Gasteiger partial charge in [-0.25, -0.2) is 4.79 Å². The van der Waals surface area contributed by atoms with Gasteiger partial charge < -0.3 is 4.74 Å². The lowest BCUT2D eigenvalue weighted by molar-refractivity contribution is -0.138. The Morgan fingerprint density at radius 3 is 2.14 bits per heavy atom. The van der Waals surface area contributed by atoms with E-state index in [1.165, 1.54) is 0 Å². The van der Waals surface area contributed by atoms with E-state index in [4.69, 9.17) is 4.74 Å². The topological polar surface area (TPSA) is 26.3 Å². The smallest absolute Gasteiger partial charge is 0.333 e. The molecule has 0 aliphatic carbocycles. The summed E-state index contributed by atoms with van der Waals surface area (Å²) in [5, 5.41) is 0. The maximum absolute atomic E-state index is 11.3. The van der Waals surface area contributed by atoms with Crippen LogP contribution >= 0.6 is 0 Å². The van der Waals surface area contributed by atoms with Crippen LogP contribution in [0.2, 0.25) is 0 Å². The lowest BCUT2D eigenvalue weighted by atomic mass is 9.79. The van der Waals surface area contributed by atoms with Crippen molar-refractivity contribution >= 4 is 5.97 Å². The van der Waals surface area contributed by atoms with Crippen LogP contribution in [0.4, 0.5) is 0 Å². The summed E-state index contributed by atoms with van der Waals surface area (Å²) in [4.78, 5) is 11.3. The molecule has 14 heavy (non-hydrogen) atoms. The quantitative estimate of drug-likeness (QED) is 0.483. The van der Waals surface area contributed by atoms with Crippen molar-refractivity contribution in [3.05, 3.63) is 12.2 Å². The number of rotatable bonds is 6. The first kappa shape index (κ1) is 13.2. The number of carbonyl (C=O) groups is 1. The van der Waals surface area contributed by atoms with Gasteiger partial charge in [0.15, 0.2) is 0 Å². The summed E-state index contributed by atoms with van der Waals surface area (Å²) in [6.07, 6.45) is 2.85. The van der Waals surface area contributed by atoms with Crippen molar-refractivity contribution in [3.8, 4) is 0 Å². The van der Waals surface area contributed by atoms with E-state index in [9.17, 15) is 4.79 Å². The van der Waals surface area contributed by atoms with Crippen molar-refractivity contribution in [2.75, 3.05) is 6.61 Å². The van der Waals surface area contributed by atoms with E-state index >= 15 is 0 Å². The minimum Gasteiger partial charge on any atom is -0.463 e. The second kappa shape index (κ2) is 5.84. The molecule has 0 aliphatic rings. The molecule has 0 atom stereocenters. The highest BCUT2D eigenvalue weighted by Crippen LogP contribution is 2.32. The maximum atomic E-state index is 11.3. The highest BCUT2D eigenvalue weighted by Gasteiger charge is 2.23. The highest BCUT2D eigenvalue weighted by atomic mass is 16.5. The van der Waals surface area contributed by atoms with Gasteiger partial charge in [0.05, 0.1) is 6.61 Å². The maximum Gasteiger partial charge on any atom is 0.333 e. The van der Waals surface area contributed by atoms with Gasteiger partial charge in [-0.1, -0.05) is 40.2 Å². The zero-order chi connectivity index (χ0) is 11.2. The normalized spacial score (nSPS) is 11.1. The molecular weight excluding hydrogens is 176 g/mol. The first-order valence-corrected chi connectivity index (χ1v) is 5.34. The molecule has 0 amide bonds. The minimum absolute atomic E-state index is 0.184. The molecule has 82 valence electrons. The summed E-state index contributed by atoms with van der Waals surface area (Å²) in [5.41, 5.74) is 0.780. The third kappa shape index (κ3) is 3.95. The summed E-state index contributed by atoms with van der Waals surface area (Å²) < 4.78 is 4.90. The zero-order valence-corrected chi connectivity index (χ0v) is 9.85. The molecule has 0 saturated carbocycles. The second-order valence-corrected chi connectivity index (χ2v) is 4.02. The number of hydrogen-bond acceptors (Lipinski definition) is 2. The summed E-state index contributed by atoms with van der Waals surface area (Å²) >= 11 is 0. The van der Waals surface area contributed by atoms with Crippen molar-refractivity contribution in [2.24, 2.45) is 5.41 Å². The Kier molecular flexibility index (Phi) is 5.51. The lowest BCUT2D eigenvalue weighted by Gasteiger charge is -2.26. The van der Waals surface area contributed by atoms with E-state index in [1.54, 1.807) is 0 Å². The van der Waals surface area contributed by atoms with Crippen LogP contribution in [0.15, 0.2) is 12.2 Å². The number of ether oxygens (including phenoxy) is 1. The fraction of sp³-hybridized carbons (Fsp3) is 0.750. The van der Waals surface area contributed by atoms with Crippen LogP contribution in [-0.4, -0.2) is 12.6 Å². The number of esters is 1. The lowest BCUT2D eigenvalue weighted by Crippen LogP contribution is -2.18. The molecule has 0 aliphatic heterocycles. The zero-order valence-electron chi connectivity index (χ0n) is 9.85. The molecular formula is C12H22O2. The minimum atomic E-state index is -0.249. The predicted molar refractivity (Wildman–Crippen MR) is 59.1 cm³/mol. The molecule has 0 fully saturated rings. The first-order chi connectivity index (χ1) is 6.49.